The van der Waals surface area contributed by atoms with Crippen LogP contribution in [0.3, 0.4) is 0 Å². The second-order valence-electron chi connectivity index (χ2n) is 7.09. The van der Waals surface area contributed by atoms with Crippen LogP contribution in [-0.4, -0.2) is 36.1 Å². The van der Waals surface area contributed by atoms with E-state index in [2.05, 4.69) is 53.3 Å². The maximum Gasteiger partial charge on any atom is 0.118 e. The van der Waals surface area contributed by atoms with Crippen LogP contribution >= 0.6 is 0 Å². The molecular formula is C21H29N3O. The lowest BCUT2D eigenvalue weighted by atomic mass is 9.92. The molecule has 1 fully saturated rings. The fourth-order valence-electron chi connectivity index (χ4n) is 3.65. The number of hydrogen-bond donors (Lipinski definition) is 1. The van der Waals surface area contributed by atoms with E-state index >= 15 is 0 Å². The summed E-state index contributed by atoms with van der Waals surface area (Å²) in [5, 5.41) is 3.82. The zero-order chi connectivity index (χ0) is 17.6. The Morgan fingerprint density at radius 2 is 2.04 bits per heavy atom. The van der Waals surface area contributed by atoms with E-state index in [1.165, 1.54) is 12.0 Å². The van der Waals surface area contributed by atoms with E-state index in [1.54, 1.807) is 7.11 Å². The summed E-state index contributed by atoms with van der Waals surface area (Å²) in [4.78, 5) is 6.97. The molecule has 0 saturated carbocycles. The zero-order valence-corrected chi connectivity index (χ0v) is 15.5. The van der Waals surface area contributed by atoms with E-state index in [9.17, 15) is 0 Å². The summed E-state index contributed by atoms with van der Waals surface area (Å²) in [6.45, 7) is 7.78. The van der Waals surface area contributed by atoms with Gasteiger partial charge in [-0.1, -0.05) is 25.1 Å². The van der Waals surface area contributed by atoms with E-state index in [4.69, 9.17) is 4.74 Å². The van der Waals surface area contributed by atoms with E-state index < -0.39 is 0 Å². The first kappa shape index (κ1) is 17.9. The SMILES string of the molecule is COc1ccc([C@H](C)N[C@H]2CCN(Cc3ccccn3)C[C@@H]2C)cc1. The molecule has 1 saturated heterocycles. The summed E-state index contributed by atoms with van der Waals surface area (Å²) in [5.74, 6) is 1.53. The third kappa shape index (κ3) is 4.80. The maximum absolute atomic E-state index is 5.25. The predicted octanol–water partition coefficient (Wildman–Crippen LogP) is 3.65. The first-order chi connectivity index (χ1) is 12.2. The van der Waals surface area contributed by atoms with Crippen molar-refractivity contribution in [3.8, 4) is 5.75 Å². The predicted molar refractivity (Wildman–Crippen MR) is 102 cm³/mol. The Kier molecular flexibility index (Phi) is 6.05. The lowest BCUT2D eigenvalue weighted by molar-refractivity contribution is 0.134. The Balaban J connectivity index is 1.52. The van der Waals surface area contributed by atoms with Crippen LogP contribution in [0, 0.1) is 5.92 Å². The lowest BCUT2D eigenvalue weighted by Crippen LogP contribution is -2.48. The monoisotopic (exact) mass is 339 g/mol. The highest BCUT2D eigenvalue weighted by Crippen LogP contribution is 2.23. The highest BCUT2D eigenvalue weighted by Gasteiger charge is 2.27. The molecule has 2 aromatic rings. The zero-order valence-electron chi connectivity index (χ0n) is 15.5. The molecular weight excluding hydrogens is 310 g/mol. The van der Waals surface area contributed by atoms with Crippen LogP contribution in [0.2, 0.25) is 0 Å². The van der Waals surface area contributed by atoms with Gasteiger partial charge in [0.25, 0.3) is 0 Å². The summed E-state index contributed by atoms with van der Waals surface area (Å²) >= 11 is 0. The minimum absolute atomic E-state index is 0.348. The van der Waals surface area contributed by atoms with Gasteiger partial charge in [-0.15, -0.1) is 0 Å². The summed E-state index contributed by atoms with van der Waals surface area (Å²) in [5.41, 5.74) is 2.47. The van der Waals surface area contributed by atoms with Crippen molar-refractivity contribution in [3.63, 3.8) is 0 Å². The molecule has 3 rings (SSSR count). The van der Waals surface area contributed by atoms with Crippen molar-refractivity contribution < 1.29 is 4.74 Å². The van der Waals surface area contributed by atoms with Gasteiger partial charge in [0, 0.05) is 37.9 Å². The van der Waals surface area contributed by atoms with Crippen molar-refractivity contribution in [2.24, 2.45) is 5.92 Å². The molecule has 4 heteroatoms. The van der Waals surface area contributed by atoms with Crippen LogP contribution in [0.4, 0.5) is 0 Å². The molecule has 0 unspecified atom stereocenters. The number of hydrogen-bond acceptors (Lipinski definition) is 4. The van der Waals surface area contributed by atoms with Crippen molar-refractivity contribution in [3.05, 3.63) is 59.9 Å². The molecule has 0 spiro atoms. The minimum atomic E-state index is 0.348. The normalized spacial score (nSPS) is 22.5. The molecule has 1 aliphatic rings. The van der Waals surface area contributed by atoms with Gasteiger partial charge in [0.2, 0.25) is 0 Å². The highest BCUT2D eigenvalue weighted by atomic mass is 16.5. The largest absolute Gasteiger partial charge is 0.497 e. The van der Waals surface area contributed by atoms with Gasteiger partial charge in [-0.3, -0.25) is 9.88 Å². The van der Waals surface area contributed by atoms with E-state index in [0.717, 1.165) is 31.1 Å². The third-order valence-corrected chi connectivity index (χ3v) is 5.18. The summed E-state index contributed by atoms with van der Waals surface area (Å²) in [6.07, 6.45) is 3.05. The molecule has 25 heavy (non-hydrogen) atoms. The minimum Gasteiger partial charge on any atom is -0.497 e. The lowest BCUT2D eigenvalue weighted by Gasteiger charge is -2.38. The van der Waals surface area contributed by atoms with Gasteiger partial charge in [0.15, 0.2) is 0 Å². The van der Waals surface area contributed by atoms with E-state index in [-0.39, 0.29) is 0 Å². The Morgan fingerprint density at radius 3 is 2.68 bits per heavy atom. The molecule has 0 bridgehead atoms. The van der Waals surface area contributed by atoms with Crippen molar-refractivity contribution in [1.82, 2.24) is 15.2 Å². The number of nitrogens with one attached hydrogen (secondary N) is 1. The molecule has 0 aliphatic carbocycles. The average molecular weight is 339 g/mol. The second kappa shape index (κ2) is 8.45. The van der Waals surface area contributed by atoms with Crippen LogP contribution in [0.15, 0.2) is 48.7 Å². The van der Waals surface area contributed by atoms with Gasteiger partial charge in [-0.05, 0) is 49.1 Å². The van der Waals surface area contributed by atoms with Crippen LogP contribution < -0.4 is 10.1 Å². The Hall–Kier alpha value is -1.91. The molecule has 4 nitrogen and oxygen atoms in total. The Labute approximate surface area is 151 Å². The number of nitrogens with zero attached hydrogens (tertiary/aromatic N) is 2. The number of benzene rings is 1. The van der Waals surface area contributed by atoms with Crippen molar-refractivity contribution >= 4 is 0 Å². The topological polar surface area (TPSA) is 37.4 Å². The number of pyridine rings is 1. The van der Waals surface area contributed by atoms with E-state index in [1.807, 2.05) is 24.4 Å². The fourth-order valence-corrected chi connectivity index (χ4v) is 3.65. The summed E-state index contributed by atoms with van der Waals surface area (Å²) < 4.78 is 5.25. The molecule has 3 atom stereocenters. The van der Waals surface area contributed by atoms with Crippen LogP contribution in [0.25, 0.3) is 0 Å². The van der Waals surface area contributed by atoms with E-state index in [0.29, 0.717) is 18.0 Å². The standard InChI is InChI=1S/C21H29N3O/c1-16-14-24(15-19-6-4-5-12-22-19)13-11-21(16)23-17(2)18-7-9-20(25-3)10-8-18/h4-10,12,16-17,21,23H,11,13-15H2,1-3H3/t16-,17-,21-/m0/s1. The molecule has 0 amide bonds. The van der Waals surface area contributed by atoms with Crippen molar-refractivity contribution in [2.45, 2.75) is 38.9 Å². The van der Waals surface area contributed by atoms with Crippen molar-refractivity contribution in [1.29, 1.82) is 0 Å². The molecule has 1 aromatic carbocycles. The molecule has 2 heterocycles. The van der Waals surface area contributed by atoms with Gasteiger partial charge in [0.1, 0.15) is 5.75 Å². The van der Waals surface area contributed by atoms with Crippen molar-refractivity contribution in [2.75, 3.05) is 20.2 Å². The first-order valence-corrected chi connectivity index (χ1v) is 9.18. The van der Waals surface area contributed by atoms with Gasteiger partial charge in [0.05, 0.1) is 12.8 Å². The van der Waals surface area contributed by atoms with Gasteiger partial charge in [-0.2, -0.15) is 0 Å². The Morgan fingerprint density at radius 1 is 1.24 bits per heavy atom. The molecule has 1 N–H and O–H groups in total. The van der Waals surface area contributed by atoms with Gasteiger partial charge < -0.3 is 10.1 Å². The first-order valence-electron chi connectivity index (χ1n) is 9.18. The number of aromatic nitrogens is 1. The van der Waals surface area contributed by atoms with Crippen LogP contribution in [0.5, 0.6) is 5.75 Å². The number of piperidine rings is 1. The van der Waals surface area contributed by atoms with Crippen LogP contribution in [0.1, 0.15) is 37.6 Å². The smallest absolute Gasteiger partial charge is 0.118 e. The fraction of sp³-hybridized carbons (Fsp3) is 0.476. The highest BCUT2D eigenvalue weighted by molar-refractivity contribution is 5.28. The number of rotatable bonds is 6. The average Bonchev–Trinajstić information content (AvgIpc) is 2.65. The Bertz CT molecular complexity index is 644. The quantitative estimate of drug-likeness (QED) is 0.872. The maximum atomic E-state index is 5.25. The molecule has 0 radical (unpaired) electrons. The number of ether oxygens (including phenoxy) is 1. The second-order valence-corrected chi connectivity index (χ2v) is 7.09. The van der Waals surface area contributed by atoms with Gasteiger partial charge >= 0.3 is 0 Å². The summed E-state index contributed by atoms with van der Waals surface area (Å²) in [6, 6.07) is 15.4. The number of methoxy groups -OCH3 is 1. The van der Waals surface area contributed by atoms with Gasteiger partial charge in [-0.25, -0.2) is 0 Å². The third-order valence-electron chi connectivity index (χ3n) is 5.18. The summed E-state index contributed by atoms with van der Waals surface area (Å²) in [7, 11) is 1.71. The van der Waals surface area contributed by atoms with Crippen LogP contribution in [-0.2, 0) is 6.54 Å². The number of likely N-dealkylation sites (tertiary alicyclic amines) is 1. The molecule has 134 valence electrons. The molecule has 1 aromatic heterocycles. The molecule has 1 aliphatic heterocycles.